The maximum absolute atomic E-state index is 11.9. The molecule has 0 fully saturated rings. The Kier molecular flexibility index (Phi) is 6.31. The third kappa shape index (κ3) is 4.67. The molecule has 25 heavy (non-hydrogen) atoms. The van der Waals surface area contributed by atoms with Gasteiger partial charge in [-0.25, -0.2) is 10.4 Å². The predicted molar refractivity (Wildman–Crippen MR) is 86.6 cm³/mol. The van der Waals surface area contributed by atoms with Gasteiger partial charge in [-0.1, -0.05) is 0 Å². The monoisotopic (exact) mass is 349 g/mol. The van der Waals surface area contributed by atoms with Crippen molar-refractivity contribution in [3.8, 4) is 0 Å². The fourth-order valence-electron chi connectivity index (χ4n) is 1.93. The summed E-state index contributed by atoms with van der Waals surface area (Å²) in [4.78, 5) is 22.4. The van der Waals surface area contributed by atoms with Crippen LogP contribution in [0.5, 0.6) is 0 Å². The molecule has 0 radical (unpaired) electrons. The first-order chi connectivity index (χ1) is 11.9. The van der Waals surface area contributed by atoms with Crippen LogP contribution >= 0.6 is 0 Å². The van der Waals surface area contributed by atoms with Crippen LogP contribution in [0.1, 0.15) is 34.9 Å². The highest BCUT2D eigenvalue weighted by molar-refractivity contribution is 5.98. The van der Waals surface area contributed by atoms with E-state index in [4.69, 9.17) is 5.11 Å². The van der Waals surface area contributed by atoms with Crippen molar-refractivity contribution in [1.82, 2.24) is 20.4 Å². The minimum Gasteiger partial charge on any atom is -0.394 e. The molecule has 0 saturated heterocycles. The molecule has 0 aromatic carbocycles. The van der Waals surface area contributed by atoms with Crippen molar-refractivity contribution in [1.29, 1.82) is 0 Å². The molecule has 0 saturated carbocycles. The molecule has 10 nitrogen and oxygen atoms in total. The third-order valence-corrected chi connectivity index (χ3v) is 3.43. The van der Waals surface area contributed by atoms with Gasteiger partial charge >= 0.3 is 0 Å². The maximum atomic E-state index is 11.9. The minimum absolute atomic E-state index is 0.130. The summed E-state index contributed by atoms with van der Waals surface area (Å²) in [5.74, 6) is -0.162. The minimum atomic E-state index is -1.58. The van der Waals surface area contributed by atoms with E-state index in [0.29, 0.717) is 11.3 Å². The van der Waals surface area contributed by atoms with Gasteiger partial charge in [-0.2, -0.15) is 5.10 Å². The molecule has 0 aliphatic carbocycles. The van der Waals surface area contributed by atoms with Crippen LogP contribution in [-0.2, 0) is 0 Å². The zero-order chi connectivity index (χ0) is 18.4. The second-order valence-corrected chi connectivity index (χ2v) is 5.25. The largest absolute Gasteiger partial charge is 0.394 e. The lowest BCUT2D eigenvalue weighted by molar-refractivity contribution is -0.0788. The number of carbonyl (C=O) groups excluding carboxylic acids is 1. The maximum Gasteiger partial charge on any atom is 0.271 e. The lowest BCUT2D eigenvalue weighted by Gasteiger charge is -2.20. The van der Waals surface area contributed by atoms with E-state index >= 15 is 0 Å². The number of imidazole rings is 1. The smallest absolute Gasteiger partial charge is 0.271 e. The number of rotatable bonds is 7. The van der Waals surface area contributed by atoms with Crippen molar-refractivity contribution < 1.29 is 25.2 Å². The summed E-state index contributed by atoms with van der Waals surface area (Å²) in [5.41, 5.74) is 3.22. The van der Waals surface area contributed by atoms with E-state index in [0.717, 1.165) is 0 Å². The first-order valence-electron chi connectivity index (χ1n) is 7.39. The van der Waals surface area contributed by atoms with Gasteiger partial charge in [-0.3, -0.25) is 9.78 Å². The summed E-state index contributed by atoms with van der Waals surface area (Å²) in [6.07, 6.45) is -0.312. The van der Waals surface area contributed by atoms with Crippen molar-refractivity contribution in [2.45, 2.75) is 25.2 Å². The van der Waals surface area contributed by atoms with Crippen LogP contribution in [0.3, 0.4) is 0 Å². The molecule has 3 unspecified atom stereocenters. The molecule has 2 rings (SSSR count). The molecule has 2 aromatic heterocycles. The highest BCUT2D eigenvalue weighted by Crippen LogP contribution is 2.17. The Morgan fingerprint density at radius 1 is 1.32 bits per heavy atom. The number of H-pyrrole nitrogens is 1. The molecule has 2 aromatic rings. The normalized spacial score (nSPS) is 15.5. The molecule has 3 atom stereocenters. The number of hydrazone groups is 1. The molecule has 0 spiro atoms. The van der Waals surface area contributed by atoms with Gasteiger partial charge in [0.25, 0.3) is 5.91 Å². The summed E-state index contributed by atoms with van der Waals surface area (Å²) in [5, 5.41) is 41.7. The second kappa shape index (κ2) is 8.44. The van der Waals surface area contributed by atoms with Crippen LogP contribution < -0.4 is 5.43 Å². The number of aliphatic hydroxyl groups is 4. The predicted octanol–water partition coefficient (Wildman–Crippen LogP) is -1.29. The topological polar surface area (TPSA) is 164 Å². The SMILES string of the molecule is C/C(=N/NC(=O)c1ccncc1)c1ncc(C(O)C(O)C(O)CO)[nH]1. The number of aromatic amines is 1. The second-order valence-electron chi connectivity index (χ2n) is 5.25. The van der Waals surface area contributed by atoms with Gasteiger partial charge in [-0.05, 0) is 19.1 Å². The molecule has 2 heterocycles. The highest BCUT2D eigenvalue weighted by atomic mass is 16.4. The van der Waals surface area contributed by atoms with Crippen molar-refractivity contribution in [2.24, 2.45) is 5.10 Å². The van der Waals surface area contributed by atoms with Crippen LogP contribution in [0, 0.1) is 0 Å². The zero-order valence-corrected chi connectivity index (χ0v) is 13.4. The summed E-state index contributed by atoms with van der Waals surface area (Å²) in [6.45, 7) is 0.890. The van der Waals surface area contributed by atoms with Crippen molar-refractivity contribution in [3.63, 3.8) is 0 Å². The number of aliphatic hydroxyl groups excluding tert-OH is 4. The van der Waals surface area contributed by atoms with Gasteiger partial charge in [-0.15, -0.1) is 0 Å². The average Bonchev–Trinajstić information content (AvgIpc) is 3.14. The van der Waals surface area contributed by atoms with Gasteiger partial charge in [0.15, 0.2) is 5.82 Å². The summed E-state index contributed by atoms with van der Waals surface area (Å²) >= 11 is 0. The molecule has 1 amide bonds. The average molecular weight is 349 g/mol. The van der Waals surface area contributed by atoms with Crippen LogP contribution in [0.4, 0.5) is 0 Å². The lowest BCUT2D eigenvalue weighted by atomic mass is 10.1. The van der Waals surface area contributed by atoms with E-state index in [1.807, 2.05) is 0 Å². The van der Waals surface area contributed by atoms with Crippen molar-refractivity contribution in [3.05, 3.63) is 47.8 Å². The Balaban J connectivity index is 2.04. The third-order valence-electron chi connectivity index (χ3n) is 3.43. The number of hydrogen-bond donors (Lipinski definition) is 6. The molecule has 10 heteroatoms. The number of aromatic nitrogens is 3. The van der Waals surface area contributed by atoms with E-state index in [1.165, 1.54) is 30.7 Å². The number of hydrogen-bond acceptors (Lipinski definition) is 8. The van der Waals surface area contributed by atoms with E-state index in [1.54, 1.807) is 6.92 Å². The van der Waals surface area contributed by atoms with E-state index < -0.39 is 30.8 Å². The lowest BCUT2D eigenvalue weighted by Crippen LogP contribution is -2.34. The molecular formula is C15H19N5O5. The number of carbonyl (C=O) groups is 1. The number of amides is 1. The van der Waals surface area contributed by atoms with Gasteiger partial charge in [0, 0.05) is 18.0 Å². The molecule has 6 N–H and O–H groups in total. The molecule has 0 aliphatic rings. The Morgan fingerprint density at radius 2 is 2.00 bits per heavy atom. The van der Waals surface area contributed by atoms with Crippen LogP contribution in [0.25, 0.3) is 0 Å². The van der Waals surface area contributed by atoms with Gasteiger partial charge in [0.2, 0.25) is 0 Å². The quantitative estimate of drug-likeness (QED) is 0.267. The Hall–Kier alpha value is -2.66. The van der Waals surface area contributed by atoms with Crippen LogP contribution in [0.2, 0.25) is 0 Å². The fraction of sp³-hybridized carbons (Fsp3) is 0.333. The number of nitrogens with one attached hydrogen (secondary N) is 2. The molecular weight excluding hydrogens is 330 g/mol. The van der Waals surface area contributed by atoms with E-state index in [9.17, 15) is 20.1 Å². The van der Waals surface area contributed by atoms with Gasteiger partial charge < -0.3 is 25.4 Å². The van der Waals surface area contributed by atoms with E-state index in [-0.39, 0.29) is 11.5 Å². The molecule has 134 valence electrons. The first kappa shape index (κ1) is 18.7. The standard InChI is InChI=1S/C15H19N5O5/c1-8(19-20-15(25)9-2-4-16-5-3-9)14-17-6-10(18-14)12(23)13(24)11(22)7-21/h2-6,11-13,21-24H,7H2,1H3,(H,17,18)(H,20,25)/b19-8-. The number of nitrogens with zero attached hydrogens (tertiary/aromatic N) is 3. The Morgan fingerprint density at radius 3 is 2.64 bits per heavy atom. The summed E-state index contributed by atoms with van der Waals surface area (Å²) in [6, 6.07) is 3.07. The molecule has 0 aliphatic heterocycles. The van der Waals surface area contributed by atoms with Crippen molar-refractivity contribution in [2.75, 3.05) is 6.61 Å². The van der Waals surface area contributed by atoms with E-state index in [2.05, 4.69) is 25.5 Å². The highest BCUT2D eigenvalue weighted by Gasteiger charge is 2.27. The number of pyridine rings is 1. The zero-order valence-electron chi connectivity index (χ0n) is 13.4. The molecule has 0 bridgehead atoms. The van der Waals surface area contributed by atoms with Crippen LogP contribution in [-0.4, -0.2) is 65.8 Å². The Bertz CT molecular complexity index is 733. The first-order valence-corrected chi connectivity index (χ1v) is 7.39. The Labute approximate surface area is 142 Å². The van der Waals surface area contributed by atoms with Crippen LogP contribution in [0.15, 0.2) is 35.8 Å². The van der Waals surface area contributed by atoms with Crippen molar-refractivity contribution >= 4 is 11.6 Å². The fourth-order valence-corrected chi connectivity index (χ4v) is 1.93. The van der Waals surface area contributed by atoms with Gasteiger partial charge in [0.05, 0.1) is 18.5 Å². The summed E-state index contributed by atoms with van der Waals surface area (Å²) in [7, 11) is 0. The van der Waals surface area contributed by atoms with Gasteiger partial charge in [0.1, 0.15) is 24.0 Å². The summed E-state index contributed by atoms with van der Waals surface area (Å²) < 4.78 is 0.